The fourth-order valence-corrected chi connectivity index (χ4v) is 2.48. The van der Waals surface area contributed by atoms with Gasteiger partial charge in [0.1, 0.15) is 6.61 Å². The van der Waals surface area contributed by atoms with Gasteiger partial charge in [-0.2, -0.15) is 0 Å². The molecular formula is C13H24N2O3. The van der Waals surface area contributed by atoms with Crippen molar-refractivity contribution in [2.75, 3.05) is 39.5 Å². The lowest BCUT2D eigenvalue weighted by Gasteiger charge is -2.41. The molecule has 2 heterocycles. The molecule has 2 fully saturated rings. The Morgan fingerprint density at radius 2 is 2.39 bits per heavy atom. The Balaban J connectivity index is 1.67. The Hall–Kier alpha value is -0.650. The highest BCUT2D eigenvalue weighted by Gasteiger charge is 2.34. The molecule has 2 rings (SSSR count). The first-order chi connectivity index (χ1) is 8.65. The first-order valence-corrected chi connectivity index (χ1v) is 6.86. The molecule has 0 unspecified atom stereocenters. The van der Waals surface area contributed by atoms with Crippen molar-refractivity contribution in [1.29, 1.82) is 0 Å². The second kappa shape index (κ2) is 6.50. The third kappa shape index (κ3) is 3.93. The van der Waals surface area contributed by atoms with Crippen LogP contribution in [0.4, 0.5) is 0 Å². The Morgan fingerprint density at radius 3 is 3.17 bits per heavy atom. The van der Waals surface area contributed by atoms with Gasteiger partial charge < -0.3 is 14.8 Å². The molecule has 0 aromatic heterocycles. The van der Waals surface area contributed by atoms with Crippen molar-refractivity contribution in [2.45, 2.75) is 32.4 Å². The first kappa shape index (κ1) is 13.8. The molecule has 2 saturated heterocycles. The molecule has 5 heteroatoms. The molecule has 0 bridgehead atoms. The van der Waals surface area contributed by atoms with Gasteiger partial charge in [-0.05, 0) is 12.3 Å². The maximum absolute atomic E-state index is 11.3. The van der Waals surface area contributed by atoms with Gasteiger partial charge in [-0.1, -0.05) is 13.8 Å². The number of rotatable bonds is 5. The normalized spacial score (nSPS) is 29.2. The molecular weight excluding hydrogens is 232 g/mol. The summed E-state index contributed by atoms with van der Waals surface area (Å²) in [6.07, 6.45) is 1.20. The number of hydrogen-bond acceptors (Lipinski definition) is 4. The van der Waals surface area contributed by atoms with E-state index in [1.807, 2.05) is 0 Å². The van der Waals surface area contributed by atoms with E-state index in [9.17, 15) is 4.79 Å². The molecule has 2 aliphatic rings. The number of fused-ring (bicyclic) bond motifs is 1. The number of ether oxygens (including phenoxy) is 2. The number of carbonyl (C=O) groups excluding carboxylic acids is 1. The molecule has 18 heavy (non-hydrogen) atoms. The lowest BCUT2D eigenvalue weighted by Crippen LogP contribution is -2.60. The summed E-state index contributed by atoms with van der Waals surface area (Å²) < 4.78 is 11.1. The SMILES string of the molecule is CC(C)COCCN1CC[C@H]2OCC(=O)N[C@H]2C1. The lowest BCUT2D eigenvalue weighted by atomic mass is 10.0. The number of carbonyl (C=O) groups is 1. The van der Waals surface area contributed by atoms with Crippen LogP contribution in [0.5, 0.6) is 0 Å². The average Bonchev–Trinajstić information content (AvgIpc) is 2.34. The van der Waals surface area contributed by atoms with E-state index in [4.69, 9.17) is 9.47 Å². The smallest absolute Gasteiger partial charge is 0.246 e. The molecule has 2 atom stereocenters. The van der Waals surface area contributed by atoms with Crippen molar-refractivity contribution in [2.24, 2.45) is 5.92 Å². The summed E-state index contributed by atoms with van der Waals surface area (Å²) in [6, 6.07) is 0.157. The Morgan fingerprint density at radius 1 is 1.56 bits per heavy atom. The number of nitrogens with one attached hydrogen (secondary N) is 1. The quantitative estimate of drug-likeness (QED) is 0.716. The largest absolute Gasteiger partial charge is 0.380 e. The van der Waals surface area contributed by atoms with Gasteiger partial charge in [0, 0.05) is 26.2 Å². The van der Waals surface area contributed by atoms with Gasteiger partial charge in [0.2, 0.25) is 5.91 Å². The number of hydrogen-bond donors (Lipinski definition) is 1. The van der Waals surface area contributed by atoms with Crippen molar-refractivity contribution < 1.29 is 14.3 Å². The predicted octanol–water partition coefficient (Wildman–Crippen LogP) is 0.248. The van der Waals surface area contributed by atoms with Crippen LogP contribution >= 0.6 is 0 Å². The van der Waals surface area contributed by atoms with Crippen LogP contribution in [0, 0.1) is 5.92 Å². The van der Waals surface area contributed by atoms with Gasteiger partial charge in [-0.3, -0.25) is 9.69 Å². The number of morpholine rings is 1. The minimum Gasteiger partial charge on any atom is -0.380 e. The van der Waals surface area contributed by atoms with E-state index in [1.54, 1.807) is 0 Å². The first-order valence-electron chi connectivity index (χ1n) is 6.86. The van der Waals surface area contributed by atoms with E-state index >= 15 is 0 Å². The molecule has 1 amide bonds. The van der Waals surface area contributed by atoms with E-state index in [0.29, 0.717) is 5.92 Å². The van der Waals surface area contributed by atoms with E-state index < -0.39 is 0 Å². The van der Waals surface area contributed by atoms with Crippen LogP contribution in [0.3, 0.4) is 0 Å². The monoisotopic (exact) mass is 256 g/mol. The maximum Gasteiger partial charge on any atom is 0.246 e. The van der Waals surface area contributed by atoms with Crippen LogP contribution in [0.15, 0.2) is 0 Å². The number of nitrogens with zero attached hydrogens (tertiary/aromatic N) is 1. The van der Waals surface area contributed by atoms with E-state index in [-0.39, 0.29) is 24.7 Å². The van der Waals surface area contributed by atoms with Gasteiger partial charge in [-0.15, -0.1) is 0 Å². The summed E-state index contributed by atoms with van der Waals surface area (Å²) in [6.45, 7) is 8.96. The molecule has 0 aromatic carbocycles. The zero-order valence-corrected chi connectivity index (χ0v) is 11.4. The highest BCUT2D eigenvalue weighted by atomic mass is 16.5. The van der Waals surface area contributed by atoms with Gasteiger partial charge in [0.25, 0.3) is 0 Å². The van der Waals surface area contributed by atoms with Crippen molar-refractivity contribution in [3.63, 3.8) is 0 Å². The Kier molecular flexibility index (Phi) is 4.97. The van der Waals surface area contributed by atoms with Gasteiger partial charge >= 0.3 is 0 Å². The summed E-state index contributed by atoms with van der Waals surface area (Å²) in [5, 5.41) is 3.01. The topological polar surface area (TPSA) is 50.8 Å². The summed E-state index contributed by atoms with van der Waals surface area (Å²) >= 11 is 0. The second-order valence-electron chi connectivity index (χ2n) is 5.58. The standard InChI is InChI=1S/C13H24N2O3/c1-10(2)8-17-6-5-15-4-3-12-11(7-15)14-13(16)9-18-12/h10-12H,3-9H2,1-2H3,(H,14,16)/t11-,12+/m0/s1. The van der Waals surface area contributed by atoms with Crippen LogP contribution < -0.4 is 5.32 Å². The highest BCUT2D eigenvalue weighted by Crippen LogP contribution is 2.17. The molecule has 0 spiro atoms. The summed E-state index contributed by atoms with van der Waals surface area (Å²) in [4.78, 5) is 13.6. The third-order valence-electron chi connectivity index (χ3n) is 3.41. The van der Waals surface area contributed by atoms with Crippen LogP contribution in [0.1, 0.15) is 20.3 Å². The summed E-state index contributed by atoms with van der Waals surface area (Å²) in [5.74, 6) is 0.593. The number of likely N-dealkylation sites (tertiary alicyclic amines) is 1. The molecule has 2 aliphatic heterocycles. The third-order valence-corrected chi connectivity index (χ3v) is 3.41. The Bertz CT molecular complexity index is 283. The second-order valence-corrected chi connectivity index (χ2v) is 5.58. The lowest BCUT2D eigenvalue weighted by molar-refractivity contribution is -0.140. The van der Waals surface area contributed by atoms with Crippen molar-refractivity contribution in [3.05, 3.63) is 0 Å². The fourth-order valence-electron chi connectivity index (χ4n) is 2.48. The number of piperidine rings is 1. The zero-order valence-electron chi connectivity index (χ0n) is 11.4. The molecule has 0 aliphatic carbocycles. The van der Waals surface area contributed by atoms with Crippen LogP contribution in [0.2, 0.25) is 0 Å². The van der Waals surface area contributed by atoms with Crippen molar-refractivity contribution in [3.8, 4) is 0 Å². The summed E-state index contributed by atoms with van der Waals surface area (Å²) in [7, 11) is 0. The van der Waals surface area contributed by atoms with E-state index in [0.717, 1.165) is 39.3 Å². The maximum atomic E-state index is 11.3. The minimum absolute atomic E-state index is 0.00848. The minimum atomic E-state index is 0.00848. The molecule has 0 saturated carbocycles. The predicted molar refractivity (Wildman–Crippen MR) is 68.4 cm³/mol. The van der Waals surface area contributed by atoms with E-state index in [1.165, 1.54) is 0 Å². The Labute approximate surface area is 109 Å². The fraction of sp³-hybridized carbons (Fsp3) is 0.923. The molecule has 0 radical (unpaired) electrons. The molecule has 104 valence electrons. The molecule has 5 nitrogen and oxygen atoms in total. The van der Waals surface area contributed by atoms with Crippen molar-refractivity contribution >= 4 is 5.91 Å². The van der Waals surface area contributed by atoms with Crippen LogP contribution in [0.25, 0.3) is 0 Å². The average molecular weight is 256 g/mol. The van der Waals surface area contributed by atoms with Gasteiger partial charge in [0.15, 0.2) is 0 Å². The zero-order chi connectivity index (χ0) is 13.0. The highest BCUT2D eigenvalue weighted by molar-refractivity contribution is 5.78. The van der Waals surface area contributed by atoms with Crippen LogP contribution in [-0.4, -0.2) is 62.4 Å². The van der Waals surface area contributed by atoms with Crippen molar-refractivity contribution in [1.82, 2.24) is 10.2 Å². The number of amides is 1. The molecule has 0 aromatic rings. The molecule has 1 N–H and O–H groups in total. The van der Waals surface area contributed by atoms with Crippen LogP contribution in [-0.2, 0) is 14.3 Å². The summed E-state index contributed by atoms with van der Waals surface area (Å²) in [5.41, 5.74) is 0. The van der Waals surface area contributed by atoms with Gasteiger partial charge in [-0.25, -0.2) is 0 Å². The van der Waals surface area contributed by atoms with E-state index in [2.05, 4.69) is 24.1 Å². The van der Waals surface area contributed by atoms with Gasteiger partial charge in [0.05, 0.1) is 18.8 Å².